The fourth-order valence-electron chi connectivity index (χ4n) is 2.92. The van der Waals surface area contributed by atoms with Gasteiger partial charge in [-0.25, -0.2) is 0 Å². The second-order valence-corrected chi connectivity index (χ2v) is 6.25. The standard InChI is InChI=1S/C19H20N4O3/c1-12-7-13(2)19(14(3)8-12)21-18(24)11-22(4)17-6-5-16(23(25)26)9-15(17)10-20/h5-9H,11H2,1-4H3,(H,21,24). The Labute approximate surface area is 152 Å². The van der Waals surface area contributed by atoms with Crippen LogP contribution in [-0.2, 0) is 4.79 Å². The minimum absolute atomic E-state index is 0.0131. The molecule has 0 spiro atoms. The highest BCUT2D eigenvalue weighted by Gasteiger charge is 2.16. The van der Waals surface area contributed by atoms with Gasteiger partial charge in [-0.3, -0.25) is 14.9 Å². The van der Waals surface area contributed by atoms with E-state index < -0.39 is 4.92 Å². The molecule has 0 saturated heterocycles. The molecule has 2 aromatic carbocycles. The maximum atomic E-state index is 12.4. The van der Waals surface area contributed by atoms with Gasteiger partial charge < -0.3 is 10.2 Å². The van der Waals surface area contributed by atoms with E-state index in [0.29, 0.717) is 5.69 Å². The Morgan fingerprint density at radius 1 is 1.23 bits per heavy atom. The zero-order valence-corrected chi connectivity index (χ0v) is 15.2. The van der Waals surface area contributed by atoms with Crippen molar-refractivity contribution in [2.75, 3.05) is 23.8 Å². The van der Waals surface area contributed by atoms with Gasteiger partial charge in [-0.05, 0) is 38.0 Å². The molecule has 1 amide bonds. The third-order valence-corrected chi connectivity index (χ3v) is 4.04. The number of hydrogen-bond donors (Lipinski definition) is 1. The molecule has 0 radical (unpaired) electrons. The van der Waals surface area contributed by atoms with Crippen LogP contribution < -0.4 is 10.2 Å². The monoisotopic (exact) mass is 352 g/mol. The predicted octanol–water partition coefficient (Wildman–Crippen LogP) is 3.47. The number of amides is 1. The topological polar surface area (TPSA) is 99.3 Å². The van der Waals surface area contributed by atoms with Crippen molar-refractivity contribution in [1.82, 2.24) is 0 Å². The number of nitrogens with one attached hydrogen (secondary N) is 1. The molecule has 0 aliphatic rings. The molecule has 134 valence electrons. The number of carbonyl (C=O) groups excluding carboxylic acids is 1. The third-order valence-electron chi connectivity index (χ3n) is 4.04. The summed E-state index contributed by atoms with van der Waals surface area (Å²) in [5, 5.41) is 23.0. The average molecular weight is 352 g/mol. The van der Waals surface area contributed by atoms with E-state index in [2.05, 4.69) is 5.32 Å². The van der Waals surface area contributed by atoms with E-state index in [4.69, 9.17) is 0 Å². The summed E-state index contributed by atoms with van der Waals surface area (Å²) in [7, 11) is 1.66. The van der Waals surface area contributed by atoms with Crippen molar-refractivity contribution in [1.29, 1.82) is 5.26 Å². The Bertz CT molecular complexity index is 892. The largest absolute Gasteiger partial charge is 0.364 e. The smallest absolute Gasteiger partial charge is 0.270 e. The highest BCUT2D eigenvalue weighted by molar-refractivity contribution is 5.95. The van der Waals surface area contributed by atoms with Crippen LogP contribution in [0.25, 0.3) is 0 Å². The van der Waals surface area contributed by atoms with Crippen molar-refractivity contribution >= 4 is 23.0 Å². The second-order valence-electron chi connectivity index (χ2n) is 6.25. The van der Waals surface area contributed by atoms with Crippen LogP contribution in [0.3, 0.4) is 0 Å². The van der Waals surface area contributed by atoms with Crippen LogP contribution in [0.4, 0.5) is 17.1 Å². The lowest BCUT2D eigenvalue weighted by Crippen LogP contribution is -2.31. The highest BCUT2D eigenvalue weighted by Crippen LogP contribution is 2.25. The zero-order valence-electron chi connectivity index (χ0n) is 15.2. The van der Waals surface area contributed by atoms with Gasteiger partial charge >= 0.3 is 0 Å². The average Bonchev–Trinajstić information content (AvgIpc) is 2.57. The molecule has 0 bridgehead atoms. The van der Waals surface area contributed by atoms with Crippen molar-refractivity contribution in [2.24, 2.45) is 0 Å². The Balaban J connectivity index is 2.18. The first-order valence-electron chi connectivity index (χ1n) is 8.00. The summed E-state index contributed by atoms with van der Waals surface area (Å²) in [5.41, 5.74) is 4.31. The minimum atomic E-state index is -0.555. The lowest BCUT2D eigenvalue weighted by atomic mass is 10.1. The Morgan fingerprint density at radius 2 is 1.85 bits per heavy atom. The van der Waals surface area contributed by atoms with Gasteiger partial charge in [0.2, 0.25) is 5.91 Å². The number of aryl methyl sites for hydroxylation is 3. The van der Waals surface area contributed by atoms with Crippen molar-refractivity contribution < 1.29 is 9.72 Å². The van der Waals surface area contributed by atoms with Gasteiger partial charge in [0.05, 0.1) is 22.7 Å². The summed E-state index contributed by atoms with van der Waals surface area (Å²) in [5.74, 6) is -0.232. The molecule has 0 aliphatic carbocycles. The molecular weight excluding hydrogens is 332 g/mol. The molecule has 2 aromatic rings. The lowest BCUT2D eigenvalue weighted by molar-refractivity contribution is -0.384. The summed E-state index contributed by atoms with van der Waals surface area (Å²) in [6.45, 7) is 5.88. The van der Waals surface area contributed by atoms with Crippen LogP contribution in [0.15, 0.2) is 30.3 Å². The maximum Gasteiger partial charge on any atom is 0.270 e. The quantitative estimate of drug-likeness (QED) is 0.656. The van der Waals surface area contributed by atoms with E-state index in [1.165, 1.54) is 18.2 Å². The van der Waals surface area contributed by atoms with Gasteiger partial charge in [0.25, 0.3) is 5.69 Å². The summed E-state index contributed by atoms with van der Waals surface area (Å²) in [6.07, 6.45) is 0. The van der Waals surface area contributed by atoms with Crippen molar-refractivity contribution in [3.05, 3.63) is 62.7 Å². The summed E-state index contributed by atoms with van der Waals surface area (Å²) in [6, 6.07) is 9.94. The fourth-order valence-corrected chi connectivity index (χ4v) is 2.92. The molecule has 0 aromatic heterocycles. The van der Waals surface area contributed by atoms with Crippen LogP contribution in [0.1, 0.15) is 22.3 Å². The SMILES string of the molecule is Cc1cc(C)c(NC(=O)CN(C)c2ccc([N+](=O)[O-])cc2C#N)c(C)c1. The second kappa shape index (κ2) is 7.66. The number of benzene rings is 2. The lowest BCUT2D eigenvalue weighted by Gasteiger charge is -2.21. The van der Waals surface area contributed by atoms with Crippen LogP contribution in [0.2, 0.25) is 0 Å². The summed E-state index contributed by atoms with van der Waals surface area (Å²) in [4.78, 5) is 24.3. The number of rotatable bonds is 5. The van der Waals surface area contributed by atoms with E-state index in [-0.39, 0.29) is 23.7 Å². The maximum absolute atomic E-state index is 12.4. The zero-order chi connectivity index (χ0) is 19.4. The number of nitrogens with zero attached hydrogens (tertiary/aromatic N) is 3. The summed E-state index contributed by atoms with van der Waals surface area (Å²) >= 11 is 0. The number of carbonyl (C=O) groups is 1. The fraction of sp³-hybridized carbons (Fsp3) is 0.263. The Kier molecular flexibility index (Phi) is 5.58. The van der Waals surface area contributed by atoms with Crippen molar-refractivity contribution in [3.63, 3.8) is 0 Å². The van der Waals surface area contributed by atoms with E-state index in [1.807, 2.05) is 39.0 Å². The van der Waals surface area contributed by atoms with Gasteiger partial charge in [-0.2, -0.15) is 5.26 Å². The first-order valence-corrected chi connectivity index (χ1v) is 8.00. The molecule has 0 fully saturated rings. The number of likely N-dealkylation sites (N-methyl/N-ethyl adjacent to an activating group) is 1. The first-order chi connectivity index (χ1) is 12.2. The van der Waals surface area contributed by atoms with Gasteiger partial charge in [0, 0.05) is 24.9 Å². The molecule has 0 saturated carbocycles. The number of hydrogen-bond acceptors (Lipinski definition) is 5. The van der Waals surface area contributed by atoms with Crippen LogP contribution in [-0.4, -0.2) is 24.4 Å². The molecule has 26 heavy (non-hydrogen) atoms. The normalized spacial score (nSPS) is 10.1. The minimum Gasteiger partial charge on any atom is -0.364 e. The number of nitriles is 1. The van der Waals surface area contributed by atoms with E-state index in [9.17, 15) is 20.2 Å². The molecule has 0 atom stereocenters. The van der Waals surface area contributed by atoms with Crippen LogP contribution >= 0.6 is 0 Å². The first kappa shape index (κ1) is 18.9. The van der Waals surface area contributed by atoms with E-state index in [1.54, 1.807) is 11.9 Å². The van der Waals surface area contributed by atoms with Gasteiger partial charge in [0.15, 0.2) is 0 Å². The molecule has 1 N–H and O–H groups in total. The number of nitro benzene ring substituents is 1. The molecule has 7 nitrogen and oxygen atoms in total. The molecule has 7 heteroatoms. The van der Waals surface area contributed by atoms with Crippen LogP contribution in [0.5, 0.6) is 0 Å². The molecule has 0 aliphatic heterocycles. The summed E-state index contributed by atoms with van der Waals surface area (Å²) < 4.78 is 0. The van der Waals surface area contributed by atoms with Gasteiger partial charge in [-0.1, -0.05) is 17.7 Å². The van der Waals surface area contributed by atoms with E-state index >= 15 is 0 Å². The number of nitro groups is 1. The van der Waals surface area contributed by atoms with Crippen molar-refractivity contribution in [3.8, 4) is 6.07 Å². The predicted molar refractivity (Wildman–Crippen MR) is 100 cm³/mol. The highest BCUT2D eigenvalue weighted by atomic mass is 16.6. The Hall–Kier alpha value is -3.40. The molecule has 0 unspecified atom stereocenters. The molecule has 0 heterocycles. The number of non-ortho nitro benzene ring substituents is 1. The van der Waals surface area contributed by atoms with Gasteiger partial charge in [-0.15, -0.1) is 0 Å². The van der Waals surface area contributed by atoms with Crippen LogP contribution in [0, 0.1) is 42.2 Å². The van der Waals surface area contributed by atoms with Gasteiger partial charge in [0.1, 0.15) is 6.07 Å². The number of anilines is 2. The molecule has 2 rings (SSSR count). The third kappa shape index (κ3) is 4.16. The van der Waals surface area contributed by atoms with E-state index in [0.717, 1.165) is 22.4 Å². The molecular formula is C19H20N4O3. The Morgan fingerprint density at radius 3 is 2.38 bits per heavy atom. The van der Waals surface area contributed by atoms with Crippen molar-refractivity contribution in [2.45, 2.75) is 20.8 Å².